The van der Waals surface area contributed by atoms with Crippen molar-refractivity contribution in [3.05, 3.63) is 145 Å². The van der Waals surface area contributed by atoms with Crippen LogP contribution in [-0.2, 0) is 13.0 Å². The van der Waals surface area contributed by atoms with Gasteiger partial charge in [-0.3, -0.25) is 0 Å². The van der Waals surface area contributed by atoms with E-state index in [0.29, 0.717) is 30.2 Å². The number of anilines is 1. The molecular formula is C36H29N5O. The van der Waals surface area contributed by atoms with Crippen molar-refractivity contribution in [2.24, 2.45) is 0 Å². The van der Waals surface area contributed by atoms with Gasteiger partial charge in [0, 0.05) is 11.9 Å². The summed E-state index contributed by atoms with van der Waals surface area (Å²) in [6.45, 7) is 1.33. The zero-order chi connectivity index (χ0) is 28.1. The normalized spacial score (nSPS) is 11.1. The van der Waals surface area contributed by atoms with Crippen LogP contribution in [0.4, 0.5) is 5.82 Å². The van der Waals surface area contributed by atoms with Gasteiger partial charge in [-0.15, -0.1) is 0 Å². The molecule has 0 saturated heterocycles. The predicted molar refractivity (Wildman–Crippen MR) is 169 cm³/mol. The van der Waals surface area contributed by atoms with E-state index in [2.05, 4.69) is 90.2 Å². The summed E-state index contributed by atoms with van der Waals surface area (Å²) in [5.41, 5.74) is 6.23. The topological polar surface area (TPSA) is 64.9 Å². The lowest BCUT2D eigenvalue weighted by atomic mass is 10.0. The highest BCUT2D eigenvalue weighted by Crippen LogP contribution is 2.31. The van der Waals surface area contributed by atoms with E-state index in [1.807, 2.05) is 53.4 Å². The molecule has 7 aromatic rings. The third-order valence-electron chi connectivity index (χ3n) is 7.36. The highest BCUT2D eigenvalue weighted by Gasteiger charge is 2.16. The van der Waals surface area contributed by atoms with Crippen LogP contribution in [0.3, 0.4) is 0 Å². The fourth-order valence-corrected chi connectivity index (χ4v) is 5.19. The summed E-state index contributed by atoms with van der Waals surface area (Å²) in [5.74, 6) is 1.37. The molecule has 0 aliphatic heterocycles. The van der Waals surface area contributed by atoms with Crippen LogP contribution in [0.2, 0.25) is 0 Å². The quantitative estimate of drug-likeness (QED) is 0.198. The number of nitrogens with one attached hydrogen (secondary N) is 1. The highest BCUT2D eigenvalue weighted by atomic mass is 16.5. The van der Waals surface area contributed by atoms with Crippen LogP contribution in [0, 0.1) is 0 Å². The lowest BCUT2D eigenvalue weighted by Crippen LogP contribution is -2.09. The molecule has 0 fully saturated rings. The van der Waals surface area contributed by atoms with Crippen LogP contribution in [0.25, 0.3) is 33.1 Å². The molecule has 1 N–H and O–H groups in total. The van der Waals surface area contributed by atoms with Crippen LogP contribution >= 0.6 is 0 Å². The van der Waals surface area contributed by atoms with E-state index in [0.717, 1.165) is 28.4 Å². The standard InChI is InChI=1S/C36H29N5O/c1-3-10-26(11-4-1)22-23-37-34-33-35(40-36(39-34)42-32-17-9-15-30-14-7-8-16-31(30)32)41(25-38-33)24-27-18-20-29(21-19-27)28-12-5-2-6-13-28/h1-21,25H,22-24H2,(H,37,39,40). The second-order valence-corrected chi connectivity index (χ2v) is 10.2. The second-order valence-electron chi connectivity index (χ2n) is 10.2. The molecule has 0 atom stereocenters. The van der Waals surface area contributed by atoms with Gasteiger partial charge in [0.1, 0.15) is 5.75 Å². The monoisotopic (exact) mass is 547 g/mol. The van der Waals surface area contributed by atoms with E-state index in [4.69, 9.17) is 19.7 Å². The van der Waals surface area contributed by atoms with Crippen LogP contribution in [0.5, 0.6) is 11.8 Å². The number of rotatable bonds is 9. The summed E-state index contributed by atoms with van der Waals surface area (Å²) in [4.78, 5) is 14.4. The van der Waals surface area contributed by atoms with Gasteiger partial charge in [0.15, 0.2) is 17.0 Å². The summed E-state index contributed by atoms with van der Waals surface area (Å²) in [6.07, 6.45) is 2.69. The molecule has 6 nitrogen and oxygen atoms in total. The lowest BCUT2D eigenvalue weighted by molar-refractivity contribution is 0.449. The minimum Gasteiger partial charge on any atom is -0.424 e. The van der Waals surface area contributed by atoms with Crippen LogP contribution in [0.1, 0.15) is 11.1 Å². The molecule has 0 unspecified atom stereocenters. The summed E-state index contributed by atoms with van der Waals surface area (Å²) in [5, 5.41) is 5.60. The van der Waals surface area contributed by atoms with Crippen LogP contribution in [-0.4, -0.2) is 26.1 Å². The number of hydrogen-bond acceptors (Lipinski definition) is 5. The molecule has 7 rings (SSSR count). The molecule has 0 radical (unpaired) electrons. The number of imidazole rings is 1. The first kappa shape index (κ1) is 25.5. The van der Waals surface area contributed by atoms with Crippen molar-refractivity contribution in [2.45, 2.75) is 13.0 Å². The third kappa shape index (κ3) is 5.43. The Hall–Kier alpha value is -5.49. The largest absolute Gasteiger partial charge is 0.424 e. The molecule has 0 amide bonds. The third-order valence-corrected chi connectivity index (χ3v) is 7.36. The van der Waals surface area contributed by atoms with Crippen LogP contribution < -0.4 is 10.1 Å². The van der Waals surface area contributed by atoms with Gasteiger partial charge in [-0.25, -0.2) is 4.98 Å². The number of hydrogen-bond donors (Lipinski definition) is 1. The van der Waals surface area contributed by atoms with Gasteiger partial charge >= 0.3 is 6.01 Å². The molecule has 2 aromatic heterocycles. The Morgan fingerprint density at radius 3 is 2.19 bits per heavy atom. The molecule has 0 aliphatic rings. The minimum atomic E-state index is 0.280. The van der Waals surface area contributed by atoms with Crippen molar-refractivity contribution < 1.29 is 4.74 Å². The SMILES string of the molecule is c1ccc(CCNc2nc(Oc3cccc4ccccc34)nc3c2ncn3Cc2ccc(-c3ccccc3)cc2)cc1. The molecule has 0 spiro atoms. The lowest BCUT2D eigenvalue weighted by Gasteiger charge is -2.12. The molecule has 5 aromatic carbocycles. The zero-order valence-corrected chi connectivity index (χ0v) is 23.0. The predicted octanol–water partition coefficient (Wildman–Crippen LogP) is 8.14. The Kier molecular flexibility index (Phi) is 7.01. The number of benzene rings is 5. The van der Waals surface area contributed by atoms with Gasteiger partial charge in [-0.05, 0) is 40.1 Å². The fraction of sp³-hybridized carbons (Fsp3) is 0.0833. The Balaban J connectivity index is 1.21. The summed E-state index contributed by atoms with van der Waals surface area (Å²) in [7, 11) is 0. The maximum Gasteiger partial charge on any atom is 0.326 e. The van der Waals surface area contributed by atoms with Crippen LogP contribution in [0.15, 0.2) is 134 Å². The highest BCUT2D eigenvalue weighted by molar-refractivity contribution is 5.88. The van der Waals surface area contributed by atoms with Crippen molar-refractivity contribution in [3.8, 4) is 22.9 Å². The number of aromatic nitrogens is 4. The van der Waals surface area contributed by atoms with Crippen molar-refractivity contribution in [1.29, 1.82) is 0 Å². The van der Waals surface area contributed by atoms with E-state index in [1.165, 1.54) is 16.7 Å². The average molecular weight is 548 g/mol. The Labute approximate surface area is 244 Å². The van der Waals surface area contributed by atoms with E-state index in [9.17, 15) is 0 Å². The number of ether oxygens (including phenoxy) is 1. The minimum absolute atomic E-state index is 0.280. The van der Waals surface area contributed by atoms with E-state index >= 15 is 0 Å². The number of fused-ring (bicyclic) bond motifs is 2. The average Bonchev–Trinajstić information content (AvgIpc) is 3.45. The first-order valence-corrected chi connectivity index (χ1v) is 14.1. The van der Waals surface area contributed by atoms with E-state index in [-0.39, 0.29) is 6.01 Å². The smallest absolute Gasteiger partial charge is 0.326 e. The first-order valence-electron chi connectivity index (χ1n) is 14.1. The molecule has 0 saturated carbocycles. The summed E-state index contributed by atoms with van der Waals surface area (Å²) < 4.78 is 8.39. The van der Waals surface area contributed by atoms with Gasteiger partial charge in [-0.2, -0.15) is 9.97 Å². The molecule has 2 heterocycles. The molecule has 6 heteroatoms. The summed E-state index contributed by atoms with van der Waals surface area (Å²) >= 11 is 0. The summed E-state index contributed by atoms with van der Waals surface area (Å²) in [6, 6.07) is 43.9. The van der Waals surface area contributed by atoms with Gasteiger partial charge in [0.2, 0.25) is 0 Å². The Morgan fingerprint density at radius 2 is 1.36 bits per heavy atom. The molecule has 42 heavy (non-hydrogen) atoms. The van der Waals surface area contributed by atoms with E-state index < -0.39 is 0 Å². The molecule has 0 bridgehead atoms. The van der Waals surface area contributed by atoms with Crippen molar-refractivity contribution in [1.82, 2.24) is 19.5 Å². The fourth-order valence-electron chi connectivity index (χ4n) is 5.19. The molecule has 0 aliphatic carbocycles. The maximum atomic E-state index is 6.34. The Bertz CT molecular complexity index is 1950. The van der Waals surface area contributed by atoms with Gasteiger partial charge < -0.3 is 14.6 Å². The maximum absolute atomic E-state index is 6.34. The second kappa shape index (κ2) is 11.6. The van der Waals surface area contributed by atoms with Gasteiger partial charge in [-0.1, -0.05) is 121 Å². The number of nitrogens with zero attached hydrogens (tertiary/aromatic N) is 4. The van der Waals surface area contributed by atoms with Crippen molar-refractivity contribution in [2.75, 3.05) is 11.9 Å². The molecule has 204 valence electrons. The van der Waals surface area contributed by atoms with Gasteiger partial charge in [0.05, 0.1) is 12.9 Å². The first-order chi connectivity index (χ1) is 20.8. The van der Waals surface area contributed by atoms with Crippen molar-refractivity contribution in [3.63, 3.8) is 0 Å². The van der Waals surface area contributed by atoms with Crippen molar-refractivity contribution >= 4 is 27.8 Å². The zero-order valence-electron chi connectivity index (χ0n) is 23.0. The Morgan fingerprint density at radius 1 is 0.643 bits per heavy atom. The van der Waals surface area contributed by atoms with Gasteiger partial charge in [0.25, 0.3) is 0 Å². The molecular weight excluding hydrogens is 518 g/mol. The van der Waals surface area contributed by atoms with E-state index in [1.54, 1.807) is 0 Å².